The van der Waals surface area contributed by atoms with Gasteiger partial charge in [-0.15, -0.1) is 11.6 Å². The molecule has 1 aromatic rings. The lowest BCUT2D eigenvalue weighted by atomic mass is 9.98. The van der Waals surface area contributed by atoms with E-state index in [2.05, 4.69) is 0 Å². The summed E-state index contributed by atoms with van der Waals surface area (Å²) in [6, 6.07) is 5.05. The van der Waals surface area contributed by atoms with Crippen molar-refractivity contribution in [1.29, 1.82) is 0 Å². The van der Waals surface area contributed by atoms with E-state index < -0.39 is 0 Å². The normalized spacial score (nSPS) is 15.2. The highest BCUT2D eigenvalue weighted by Gasteiger charge is 2.13. The molecule has 0 radical (unpaired) electrons. The monoisotopic (exact) mass is 234 g/mol. The molecule has 0 aromatic heterocycles. The lowest BCUT2D eigenvalue weighted by Gasteiger charge is -2.14. The topological polar surface area (TPSA) is 0 Å². The third kappa shape index (κ3) is 2.86. The van der Waals surface area contributed by atoms with E-state index in [1.165, 1.54) is 0 Å². The third-order valence-corrected chi connectivity index (χ3v) is 3.08. The summed E-state index contributed by atoms with van der Waals surface area (Å²) in [5, 5.41) is 0.213. The van der Waals surface area contributed by atoms with Crippen LogP contribution in [0.15, 0.2) is 18.2 Å². The first kappa shape index (κ1) is 11.8. The van der Waals surface area contributed by atoms with Crippen LogP contribution in [0.5, 0.6) is 0 Å². The Balaban J connectivity index is 2.82. The highest BCUT2D eigenvalue weighted by molar-refractivity contribution is 6.30. The molecule has 0 spiro atoms. The smallest absolute Gasteiger partial charge is 0.144 e. The molecule has 0 N–H and O–H groups in total. The number of hydrogen-bond donors (Lipinski definition) is 0. The van der Waals surface area contributed by atoms with Crippen molar-refractivity contribution in [2.75, 3.05) is 0 Å². The van der Waals surface area contributed by atoms with Crippen LogP contribution in [0.1, 0.15) is 19.4 Å². The summed E-state index contributed by atoms with van der Waals surface area (Å²) in [5.41, 5.74) is 0.637. The van der Waals surface area contributed by atoms with Crippen LogP contribution in [0.25, 0.3) is 0 Å². The van der Waals surface area contributed by atoms with E-state index in [1.54, 1.807) is 18.2 Å². The molecule has 0 aliphatic rings. The third-order valence-electron chi connectivity index (χ3n) is 2.36. The van der Waals surface area contributed by atoms with Crippen molar-refractivity contribution in [1.82, 2.24) is 0 Å². The molecular formula is C11H13Cl2F. The van der Waals surface area contributed by atoms with Crippen molar-refractivity contribution in [2.24, 2.45) is 5.92 Å². The Kier molecular flexibility index (Phi) is 4.21. The van der Waals surface area contributed by atoms with Crippen LogP contribution in [-0.2, 0) is 6.42 Å². The molecule has 0 aliphatic heterocycles. The number of rotatable bonds is 3. The summed E-state index contributed by atoms with van der Waals surface area (Å²) in [6.45, 7) is 3.91. The van der Waals surface area contributed by atoms with E-state index in [0.29, 0.717) is 12.0 Å². The molecular weight excluding hydrogens is 222 g/mol. The molecule has 0 amide bonds. The molecule has 0 saturated carbocycles. The molecule has 0 nitrogen and oxygen atoms in total. The number of hydrogen-bond acceptors (Lipinski definition) is 0. The Morgan fingerprint density at radius 1 is 1.36 bits per heavy atom. The highest BCUT2D eigenvalue weighted by Crippen LogP contribution is 2.22. The Morgan fingerprint density at radius 3 is 2.57 bits per heavy atom. The van der Waals surface area contributed by atoms with Gasteiger partial charge in [0.15, 0.2) is 0 Å². The van der Waals surface area contributed by atoms with E-state index in [-0.39, 0.29) is 22.1 Å². The van der Waals surface area contributed by atoms with Gasteiger partial charge < -0.3 is 0 Å². The first-order chi connectivity index (χ1) is 6.52. The Bertz CT molecular complexity index is 310. The molecule has 1 rings (SSSR count). The maximum absolute atomic E-state index is 13.5. The molecule has 0 fully saturated rings. The van der Waals surface area contributed by atoms with E-state index in [4.69, 9.17) is 23.2 Å². The summed E-state index contributed by atoms with van der Waals surface area (Å²) in [4.78, 5) is 0. The summed E-state index contributed by atoms with van der Waals surface area (Å²) in [5.74, 6) is -0.0806. The van der Waals surface area contributed by atoms with Crippen molar-refractivity contribution in [3.8, 4) is 0 Å². The van der Waals surface area contributed by atoms with Gasteiger partial charge in [0.05, 0.1) is 5.02 Å². The molecule has 0 saturated heterocycles. The van der Waals surface area contributed by atoms with Gasteiger partial charge in [-0.3, -0.25) is 0 Å². The van der Waals surface area contributed by atoms with Gasteiger partial charge in [-0.1, -0.05) is 30.7 Å². The molecule has 14 heavy (non-hydrogen) atoms. The minimum Gasteiger partial charge on any atom is -0.205 e. The fourth-order valence-electron chi connectivity index (χ4n) is 1.22. The minimum absolute atomic E-state index is 0.0355. The van der Waals surface area contributed by atoms with Gasteiger partial charge >= 0.3 is 0 Å². The molecule has 78 valence electrons. The summed E-state index contributed by atoms with van der Waals surface area (Å²) >= 11 is 11.6. The molecule has 0 heterocycles. The molecule has 0 bridgehead atoms. The van der Waals surface area contributed by atoms with Crippen molar-refractivity contribution < 1.29 is 4.39 Å². The van der Waals surface area contributed by atoms with Crippen LogP contribution < -0.4 is 0 Å². The second-order valence-electron chi connectivity index (χ2n) is 3.57. The van der Waals surface area contributed by atoms with Gasteiger partial charge in [-0.25, -0.2) is 4.39 Å². The van der Waals surface area contributed by atoms with Crippen LogP contribution in [0.4, 0.5) is 4.39 Å². The Hall–Kier alpha value is -0.270. The van der Waals surface area contributed by atoms with Crippen molar-refractivity contribution in [2.45, 2.75) is 25.6 Å². The molecule has 3 heteroatoms. The Labute approximate surface area is 94.0 Å². The Morgan fingerprint density at radius 2 is 2.00 bits per heavy atom. The maximum Gasteiger partial charge on any atom is 0.144 e. The standard InChI is InChI=1S/C11H13Cl2F/c1-7(8(2)12)6-9-4-3-5-10(13)11(9)14/h3-5,7-8H,6H2,1-2H3. The van der Waals surface area contributed by atoms with Gasteiger partial charge in [0, 0.05) is 5.38 Å². The quantitative estimate of drug-likeness (QED) is 0.685. The zero-order chi connectivity index (χ0) is 10.7. The first-order valence-electron chi connectivity index (χ1n) is 4.59. The second-order valence-corrected chi connectivity index (χ2v) is 4.67. The largest absolute Gasteiger partial charge is 0.205 e. The fourth-order valence-corrected chi connectivity index (χ4v) is 1.50. The summed E-state index contributed by atoms with van der Waals surface area (Å²) in [6.07, 6.45) is 0.622. The van der Waals surface area contributed by atoms with E-state index in [9.17, 15) is 4.39 Å². The predicted octanol–water partition coefficient (Wildman–Crippen LogP) is 4.29. The maximum atomic E-state index is 13.5. The number of halogens is 3. The van der Waals surface area contributed by atoms with E-state index in [0.717, 1.165) is 0 Å². The van der Waals surface area contributed by atoms with Crippen LogP contribution in [-0.4, -0.2) is 5.38 Å². The second kappa shape index (κ2) is 4.99. The van der Waals surface area contributed by atoms with Crippen molar-refractivity contribution in [3.05, 3.63) is 34.6 Å². The van der Waals surface area contributed by atoms with E-state index >= 15 is 0 Å². The number of alkyl halides is 1. The van der Waals surface area contributed by atoms with Crippen molar-refractivity contribution >= 4 is 23.2 Å². The van der Waals surface area contributed by atoms with Crippen LogP contribution in [0.2, 0.25) is 5.02 Å². The molecule has 2 atom stereocenters. The van der Waals surface area contributed by atoms with Crippen LogP contribution >= 0.6 is 23.2 Å². The molecule has 1 aromatic carbocycles. The molecule has 2 unspecified atom stereocenters. The van der Waals surface area contributed by atoms with Gasteiger partial charge in [0.25, 0.3) is 0 Å². The molecule has 0 aliphatic carbocycles. The zero-order valence-corrected chi connectivity index (χ0v) is 9.74. The highest BCUT2D eigenvalue weighted by atomic mass is 35.5. The summed E-state index contributed by atoms with van der Waals surface area (Å²) < 4.78 is 13.5. The van der Waals surface area contributed by atoms with Crippen molar-refractivity contribution in [3.63, 3.8) is 0 Å². The van der Waals surface area contributed by atoms with Gasteiger partial charge in [-0.05, 0) is 30.9 Å². The van der Waals surface area contributed by atoms with Gasteiger partial charge in [0.2, 0.25) is 0 Å². The lowest BCUT2D eigenvalue weighted by Crippen LogP contribution is -2.11. The fraction of sp³-hybridized carbons (Fsp3) is 0.455. The first-order valence-corrected chi connectivity index (χ1v) is 5.40. The SMILES string of the molecule is CC(Cl)C(C)Cc1cccc(Cl)c1F. The number of benzene rings is 1. The van der Waals surface area contributed by atoms with Gasteiger partial charge in [-0.2, -0.15) is 0 Å². The van der Waals surface area contributed by atoms with Crippen LogP contribution in [0, 0.1) is 11.7 Å². The van der Waals surface area contributed by atoms with E-state index in [1.807, 2.05) is 13.8 Å². The predicted molar refractivity (Wildman–Crippen MR) is 59.6 cm³/mol. The van der Waals surface area contributed by atoms with Gasteiger partial charge in [0.1, 0.15) is 5.82 Å². The van der Waals surface area contributed by atoms with Crippen LogP contribution in [0.3, 0.4) is 0 Å². The minimum atomic E-state index is -0.321. The summed E-state index contributed by atoms with van der Waals surface area (Å²) in [7, 11) is 0. The average molecular weight is 235 g/mol. The lowest BCUT2D eigenvalue weighted by molar-refractivity contribution is 0.537. The average Bonchev–Trinajstić information content (AvgIpc) is 2.12. The zero-order valence-electron chi connectivity index (χ0n) is 8.23.